The number of aliphatic hydroxyl groups is 1. The molecule has 0 spiro atoms. The molecule has 1 aromatic heterocycles. The first-order valence-electron chi connectivity index (χ1n) is 6.25. The van der Waals surface area contributed by atoms with Crippen LogP contribution in [0, 0.1) is 6.92 Å². The summed E-state index contributed by atoms with van der Waals surface area (Å²) < 4.78 is 1.86. The van der Waals surface area contributed by atoms with E-state index < -0.39 is 0 Å². The lowest BCUT2D eigenvalue weighted by Crippen LogP contribution is -2.18. The fourth-order valence-corrected chi connectivity index (χ4v) is 2.99. The van der Waals surface area contributed by atoms with Crippen molar-refractivity contribution < 1.29 is 9.90 Å². The predicted octanol–water partition coefficient (Wildman–Crippen LogP) is 1.87. The Kier molecular flexibility index (Phi) is 4.36. The molecule has 0 atom stereocenters. The lowest BCUT2D eigenvalue weighted by molar-refractivity contribution is 0.102. The number of nitrogens with two attached hydrogens (primary N) is 1. The standard InChI is InChI=1S/C14H17N3O2S/c1-9-13(10(2)19)20-14(17(9)7-8-18)16-12-5-3-11(15)4-6-12/h3-6,18H,7-8,15H2,1-2H3. The number of aromatic nitrogens is 1. The number of benzene rings is 1. The number of hydrogen-bond donors (Lipinski definition) is 2. The average Bonchev–Trinajstić information content (AvgIpc) is 2.71. The van der Waals surface area contributed by atoms with Gasteiger partial charge in [0.05, 0.1) is 17.2 Å². The molecule has 3 N–H and O–H groups in total. The van der Waals surface area contributed by atoms with Crippen LogP contribution in [-0.2, 0) is 6.54 Å². The van der Waals surface area contributed by atoms with Gasteiger partial charge in [0, 0.05) is 24.8 Å². The van der Waals surface area contributed by atoms with Crippen LogP contribution in [0.3, 0.4) is 0 Å². The second-order valence-corrected chi connectivity index (χ2v) is 5.41. The van der Waals surface area contributed by atoms with Crippen molar-refractivity contribution in [2.24, 2.45) is 4.99 Å². The summed E-state index contributed by atoms with van der Waals surface area (Å²) in [7, 11) is 0. The van der Waals surface area contributed by atoms with Gasteiger partial charge in [0.1, 0.15) is 0 Å². The molecule has 6 heteroatoms. The molecule has 0 unspecified atom stereocenters. The molecule has 2 rings (SSSR count). The van der Waals surface area contributed by atoms with Crippen LogP contribution in [0.1, 0.15) is 22.3 Å². The zero-order valence-electron chi connectivity index (χ0n) is 11.5. The average molecular weight is 291 g/mol. The molecule has 106 valence electrons. The van der Waals surface area contributed by atoms with Crippen molar-refractivity contribution in [1.82, 2.24) is 4.57 Å². The zero-order chi connectivity index (χ0) is 14.7. The minimum Gasteiger partial charge on any atom is -0.399 e. The van der Waals surface area contributed by atoms with Crippen molar-refractivity contribution in [1.29, 1.82) is 0 Å². The highest BCUT2D eigenvalue weighted by molar-refractivity contribution is 7.11. The molecule has 0 aliphatic heterocycles. The van der Waals surface area contributed by atoms with E-state index in [0.717, 1.165) is 11.4 Å². The molecule has 1 aromatic carbocycles. The Bertz CT molecular complexity index is 683. The number of carbonyl (C=O) groups excluding carboxylic acids is 1. The molecule has 0 saturated heterocycles. The Balaban J connectivity index is 2.57. The van der Waals surface area contributed by atoms with Gasteiger partial charge in [-0.05, 0) is 31.2 Å². The minimum atomic E-state index is 0.00381. The first-order valence-corrected chi connectivity index (χ1v) is 7.07. The number of hydrogen-bond acceptors (Lipinski definition) is 5. The zero-order valence-corrected chi connectivity index (χ0v) is 12.3. The first kappa shape index (κ1) is 14.5. The molecular weight excluding hydrogens is 274 g/mol. The number of rotatable bonds is 4. The molecule has 0 aliphatic carbocycles. The predicted molar refractivity (Wildman–Crippen MR) is 80.2 cm³/mol. The Labute approximate surface area is 121 Å². The van der Waals surface area contributed by atoms with Crippen molar-refractivity contribution in [2.75, 3.05) is 12.3 Å². The second kappa shape index (κ2) is 6.02. The summed E-state index contributed by atoms with van der Waals surface area (Å²) in [5, 5.41) is 9.16. The fourth-order valence-electron chi connectivity index (χ4n) is 1.92. The van der Waals surface area contributed by atoms with Crippen LogP contribution < -0.4 is 10.5 Å². The minimum absolute atomic E-state index is 0.00381. The Morgan fingerprint density at radius 1 is 1.40 bits per heavy atom. The third-order valence-electron chi connectivity index (χ3n) is 2.92. The molecule has 1 heterocycles. The maximum Gasteiger partial charge on any atom is 0.190 e. The van der Waals surface area contributed by atoms with E-state index in [9.17, 15) is 4.79 Å². The summed E-state index contributed by atoms with van der Waals surface area (Å²) in [4.78, 5) is 17.5. The highest BCUT2D eigenvalue weighted by atomic mass is 32.1. The number of nitrogen functional groups attached to an aromatic ring is 1. The van der Waals surface area contributed by atoms with E-state index in [2.05, 4.69) is 4.99 Å². The summed E-state index contributed by atoms with van der Waals surface area (Å²) in [5.74, 6) is 0.0120. The summed E-state index contributed by atoms with van der Waals surface area (Å²) in [6, 6.07) is 7.20. The van der Waals surface area contributed by atoms with Gasteiger partial charge in [-0.15, -0.1) is 0 Å². The summed E-state index contributed by atoms with van der Waals surface area (Å²) >= 11 is 1.34. The van der Waals surface area contributed by atoms with Crippen molar-refractivity contribution >= 4 is 28.5 Å². The van der Waals surface area contributed by atoms with Crippen LogP contribution >= 0.6 is 11.3 Å². The van der Waals surface area contributed by atoms with Gasteiger partial charge in [0.15, 0.2) is 10.6 Å². The highest BCUT2D eigenvalue weighted by Crippen LogP contribution is 2.16. The number of thiazole rings is 1. The van der Waals surface area contributed by atoms with Gasteiger partial charge in [-0.2, -0.15) is 0 Å². The Morgan fingerprint density at radius 3 is 2.60 bits per heavy atom. The van der Waals surface area contributed by atoms with E-state index in [0.29, 0.717) is 21.9 Å². The van der Waals surface area contributed by atoms with Gasteiger partial charge < -0.3 is 15.4 Å². The van der Waals surface area contributed by atoms with Crippen molar-refractivity contribution in [2.45, 2.75) is 20.4 Å². The second-order valence-electron chi connectivity index (χ2n) is 4.43. The molecular formula is C14H17N3O2S. The Hall–Kier alpha value is -1.92. The lowest BCUT2D eigenvalue weighted by Gasteiger charge is -2.03. The number of ketones is 1. The number of nitrogens with zero attached hydrogens (tertiary/aromatic N) is 2. The number of aliphatic hydroxyl groups excluding tert-OH is 1. The van der Waals surface area contributed by atoms with Gasteiger partial charge in [-0.3, -0.25) is 4.79 Å². The van der Waals surface area contributed by atoms with Crippen molar-refractivity contribution in [3.63, 3.8) is 0 Å². The number of carbonyl (C=O) groups is 1. The van der Waals surface area contributed by atoms with Gasteiger partial charge in [0.25, 0.3) is 0 Å². The van der Waals surface area contributed by atoms with Crippen LogP contribution in [-0.4, -0.2) is 22.1 Å². The summed E-state index contributed by atoms with van der Waals surface area (Å²) in [6.45, 7) is 3.83. The van der Waals surface area contributed by atoms with Gasteiger partial charge in [-0.25, -0.2) is 4.99 Å². The van der Waals surface area contributed by atoms with Gasteiger partial charge >= 0.3 is 0 Å². The molecule has 0 bridgehead atoms. The third kappa shape index (κ3) is 2.97. The van der Waals surface area contributed by atoms with E-state index in [4.69, 9.17) is 10.8 Å². The Morgan fingerprint density at radius 2 is 2.05 bits per heavy atom. The fraction of sp³-hybridized carbons (Fsp3) is 0.286. The number of anilines is 1. The number of Topliss-reactive ketones (excluding diaryl/α,β-unsaturated/α-hetero) is 1. The van der Waals surface area contributed by atoms with Gasteiger partial charge in [-0.1, -0.05) is 11.3 Å². The van der Waals surface area contributed by atoms with Crippen molar-refractivity contribution in [3.8, 4) is 0 Å². The monoisotopic (exact) mass is 291 g/mol. The maximum absolute atomic E-state index is 11.6. The molecule has 0 fully saturated rings. The molecule has 5 nitrogen and oxygen atoms in total. The van der Waals surface area contributed by atoms with Crippen LogP contribution in [0.5, 0.6) is 0 Å². The molecule has 20 heavy (non-hydrogen) atoms. The molecule has 0 amide bonds. The van der Waals surface area contributed by atoms with E-state index in [1.165, 1.54) is 18.3 Å². The largest absolute Gasteiger partial charge is 0.399 e. The van der Waals surface area contributed by atoms with Gasteiger partial charge in [0.2, 0.25) is 0 Å². The molecule has 0 aliphatic rings. The highest BCUT2D eigenvalue weighted by Gasteiger charge is 2.12. The topological polar surface area (TPSA) is 80.6 Å². The lowest BCUT2D eigenvalue weighted by atomic mass is 10.3. The first-order chi connectivity index (χ1) is 9.52. The normalized spacial score (nSPS) is 11.8. The molecule has 0 radical (unpaired) electrons. The smallest absolute Gasteiger partial charge is 0.190 e. The third-order valence-corrected chi connectivity index (χ3v) is 4.20. The van der Waals surface area contributed by atoms with Crippen LogP contribution in [0.4, 0.5) is 11.4 Å². The van der Waals surface area contributed by atoms with Crippen molar-refractivity contribution in [3.05, 3.63) is 39.6 Å². The molecule has 2 aromatic rings. The maximum atomic E-state index is 11.6. The van der Waals surface area contributed by atoms with E-state index in [1.54, 1.807) is 12.1 Å². The quantitative estimate of drug-likeness (QED) is 0.666. The van der Waals surface area contributed by atoms with E-state index >= 15 is 0 Å². The summed E-state index contributed by atoms with van der Waals surface area (Å²) in [5.41, 5.74) is 7.93. The van der Waals surface area contributed by atoms with E-state index in [1.807, 2.05) is 23.6 Å². The molecule has 0 saturated carbocycles. The summed E-state index contributed by atoms with van der Waals surface area (Å²) in [6.07, 6.45) is 0. The SMILES string of the molecule is CC(=O)c1sc(=Nc2ccc(N)cc2)n(CCO)c1C. The van der Waals surface area contributed by atoms with Crippen LogP contribution in [0.15, 0.2) is 29.3 Å². The van der Waals surface area contributed by atoms with Crippen LogP contribution in [0.25, 0.3) is 0 Å². The van der Waals surface area contributed by atoms with E-state index in [-0.39, 0.29) is 12.4 Å². The van der Waals surface area contributed by atoms with Crippen LogP contribution in [0.2, 0.25) is 0 Å².